The van der Waals surface area contributed by atoms with Gasteiger partial charge in [-0.25, -0.2) is 0 Å². The number of rotatable bonds is 1. The molecule has 2 N–H and O–H groups in total. The second-order valence-corrected chi connectivity index (χ2v) is 3.38. The molecule has 0 spiro atoms. The largest absolute Gasteiger partial charge is 0.339 e. The van der Waals surface area contributed by atoms with Gasteiger partial charge in [0, 0.05) is 12.6 Å². The summed E-state index contributed by atoms with van der Waals surface area (Å²) in [6, 6.07) is 6.81. The number of hydrogen-bond acceptors (Lipinski definition) is 1. The molecular weight excluding hydrogens is 148 g/mol. The van der Waals surface area contributed by atoms with Gasteiger partial charge in [0.15, 0.2) is 0 Å². The Morgan fingerprint density at radius 2 is 2.33 bits per heavy atom. The summed E-state index contributed by atoms with van der Waals surface area (Å²) >= 11 is 0. The third-order valence-corrected chi connectivity index (χ3v) is 2.49. The van der Waals surface area contributed by atoms with E-state index in [0.29, 0.717) is 6.04 Å². The summed E-state index contributed by atoms with van der Waals surface area (Å²) in [5.41, 5.74) is 1.25. The van der Waals surface area contributed by atoms with Crippen LogP contribution in [-0.4, -0.2) is 11.5 Å². The Labute approximate surface area is 73.0 Å². The molecule has 2 rings (SSSR count). The van der Waals surface area contributed by atoms with Crippen LogP contribution in [0, 0.1) is 0 Å². The molecule has 1 saturated heterocycles. The normalized spacial score (nSPS) is 23.8. The van der Waals surface area contributed by atoms with Crippen molar-refractivity contribution in [2.24, 2.45) is 0 Å². The van der Waals surface area contributed by atoms with Crippen molar-refractivity contribution in [3.63, 3.8) is 0 Å². The van der Waals surface area contributed by atoms with Crippen molar-refractivity contribution in [3.8, 4) is 0 Å². The highest BCUT2D eigenvalue weighted by atomic mass is 14.9. The van der Waals surface area contributed by atoms with Crippen LogP contribution in [-0.2, 0) is 0 Å². The highest BCUT2D eigenvalue weighted by molar-refractivity contribution is 5.06. The first-order valence-corrected chi connectivity index (χ1v) is 4.71. The van der Waals surface area contributed by atoms with Gasteiger partial charge in [0.2, 0.25) is 0 Å². The summed E-state index contributed by atoms with van der Waals surface area (Å²) in [5.74, 6) is 0. The summed E-state index contributed by atoms with van der Waals surface area (Å²) in [7, 11) is 0. The molecule has 1 atom stereocenters. The van der Waals surface area contributed by atoms with Crippen LogP contribution in [0.2, 0.25) is 0 Å². The molecule has 1 aliphatic rings. The van der Waals surface area contributed by atoms with Crippen molar-refractivity contribution in [1.29, 1.82) is 0 Å². The average Bonchev–Trinajstić information content (AvgIpc) is 2.21. The molecule has 1 aromatic rings. The van der Waals surface area contributed by atoms with Crippen LogP contribution in [0.15, 0.2) is 24.4 Å². The molecule has 64 valence electrons. The van der Waals surface area contributed by atoms with Crippen LogP contribution in [0.3, 0.4) is 0 Å². The third-order valence-electron chi connectivity index (χ3n) is 2.49. The Morgan fingerprint density at radius 1 is 1.33 bits per heavy atom. The number of quaternary nitrogens is 1. The van der Waals surface area contributed by atoms with E-state index in [9.17, 15) is 0 Å². The number of pyridine rings is 1. The van der Waals surface area contributed by atoms with Gasteiger partial charge in [0.05, 0.1) is 12.2 Å². The summed E-state index contributed by atoms with van der Waals surface area (Å²) in [6.45, 7) is 1.27. The second-order valence-electron chi connectivity index (χ2n) is 3.38. The first-order chi connectivity index (χ1) is 5.97. The van der Waals surface area contributed by atoms with Gasteiger partial charge in [-0.2, -0.15) is 0 Å². The maximum atomic E-state index is 4.37. The quantitative estimate of drug-likeness (QED) is 0.654. The summed E-state index contributed by atoms with van der Waals surface area (Å²) < 4.78 is 0. The molecule has 1 aromatic heterocycles. The van der Waals surface area contributed by atoms with Gasteiger partial charge in [0.1, 0.15) is 6.04 Å². The smallest absolute Gasteiger partial charge is 0.129 e. The SMILES string of the molecule is c1ccc([C@H]2CCCC[NH2+]2)nc1. The van der Waals surface area contributed by atoms with Crippen LogP contribution >= 0.6 is 0 Å². The predicted octanol–water partition coefficient (Wildman–Crippen LogP) is 0.870. The maximum absolute atomic E-state index is 4.37. The predicted molar refractivity (Wildman–Crippen MR) is 47.6 cm³/mol. The van der Waals surface area contributed by atoms with E-state index in [0.717, 1.165) is 0 Å². The van der Waals surface area contributed by atoms with Gasteiger partial charge < -0.3 is 5.32 Å². The number of hydrogen-bond donors (Lipinski definition) is 1. The Balaban J connectivity index is 2.08. The highest BCUT2D eigenvalue weighted by Gasteiger charge is 2.18. The van der Waals surface area contributed by atoms with Crippen molar-refractivity contribution in [2.75, 3.05) is 6.54 Å². The Bertz CT molecular complexity index is 227. The fourth-order valence-corrected chi connectivity index (χ4v) is 1.81. The van der Waals surface area contributed by atoms with Crippen LogP contribution in [0.5, 0.6) is 0 Å². The molecule has 0 aromatic carbocycles. The van der Waals surface area contributed by atoms with Crippen molar-refractivity contribution in [2.45, 2.75) is 25.3 Å². The topological polar surface area (TPSA) is 29.5 Å². The summed E-state index contributed by atoms with van der Waals surface area (Å²) in [5, 5.41) is 2.41. The molecule has 0 amide bonds. The summed E-state index contributed by atoms with van der Waals surface area (Å²) in [6.07, 6.45) is 5.90. The second kappa shape index (κ2) is 3.68. The van der Waals surface area contributed by atoms with Crippen molar-refractivity contribution < 1.29 is 5.32 Å². The molecule has 0 unspecified atom stereocenters. The van der Waals surface area contributed by atoms with E-state index in [4.69, 9.17) is 0 Å². The molecule has 0 radical (unpaired) electrons. The monoisotopic (exact) mass is 163 g/mol. The van der Waals surface area contributed by atoms with E-state index in [-0.39, 0.29) is 0 Å². The zero-order valence-electron chi connectivity index (χ0n) is 7.24. The molecule has 2 heteroatoms. The molecular formula is C10H15N2+. The fraction of sp³-hybridized carbons (Fsp3) is 0.500. The minimum absolute atomic E-state index is 0.625. The van der Waals surface area contributed by atoms with E-state index in [2.05, 4.69) is 22.4 Å². The third kappa shape index (κ3) is 1.64. The van der Waals surface area contributed by atoms with Crippen LogP contribution < -0.4 is 5.32 Å². The standard InChI is InChI=1S/C10H14N2/c1-3-7-11-9(5-1)10-6-2-4-8-12-10/h1,3,5,7,10,12H,2,4,6,8H2/p+1/t10-/m1/s1. The van der Waals surface area contributed by atoms with E-state index in [1.807, 2.05) is 12.3 Å². The molecule has 0 aliphatic carbocycles. The first kappa shape index (κ1) is 7.74. The first-order valence-electron chi connectivity index (χ1n) is 4.71. The number of nitrogens with two attached hydrogens (primary N) is 1. The van der Waals surface area contributed by atoms with Crippen molar-refractivity contribution in [3.05, 3.63) is 30.1 Å². The number of piperidine rings is 1. The Morgan fingerprint density at radius 3 is 3.00 bits per heavy atom. The summed E-state index contributed by atoms with van der Waals surface area (Å²) in [4.78, 5) is 4.37. The van der Waals surface area contributed by atoms with E-state index in [1.165, 1.54) is 31.5 Å². The molecule has 0 saturated carbocycles. The lowest BCUT2D eigenvalue weighted by molar-refractivity contribution is -0.704. The molecule has 1 aliphatic heterocycles. The van der Waals surface area contributed by atoms with Gasteiger partial charge in [-0.05, 0) is 25.0 Å². The van der Waals surface area contributed by atoms with Crippen LogP contribution in [0.4, 0.5) is 0 Å². The fourth-order valence-electron chi connectivity index (χ4n) is 1.81. The van der Waals surface area contributed by atoms with Crippen LogP contribution in [0.25, 0.3) is 0 Å². The number of nitrogens with zero attached hydrogens (tertiary/aromatic N) is 1. The molecule has 12 heavy (non-hydrogen) atoms. The van der Waals surface area contributed by atoms with E-state index in [1.54, 1.807) is 0 Å². The van der Waals surface area contributed by atoms with Gasteiger partial charge in [-0.3, -0.25) is 4.98 Å². The lowest BCUT2D eigenvalue weighted by atomic mass is 10.0. The molecule has 1 fully saturated rings. The molecule has 2 nitrogen and oxygen atoms in total. The van der Waals surface area contributed by atoms with Gasteiger partial charge in [0.25, 0.3) is 0 Å². The van der Waals surface area contributed by atoms with Gasteiger partial charge in [-0.1, -0.05) is 6.07 Å². The lowest BCUT2D eigenvalue weighted by Crippen LogP contribution is -2.86. The zero-order valence-corrected chi connectivity index (χ0v) is 7.24. The Hall–Kier alpha value is -0.890. The van der Waals surface area contributed by atoms with Crippen molar-refractivity contribution >= 4 is 0 Å². The zero-order chi connectivity index (χ0) is 8.23. The minimum Gasteiger partial charge on any atom is -0.339 e. The highest BCUT2D eigenvalue weighted by Crippen LogP contribution is 2.14. The molecule has 0 bridgehead atoms. The lowest BCUT2D eigenvalue weighted by Gasteiger charge is -2.19. The maximum Gasteiger partial charge on any atom is 0.129 e. The van der Waals surface area contributed by atoms with Gasteiger partial charge >= 0.3 is 0 Å². The van der Waals surface area contributed by atoms with Crippen molar-refractivity contribution in [1.82, 2.24) is 4.98 Å². The Kier molecular flexibility index (Phi) is 2.37. The van der Waals surface area contributed by atoms with Crippen LogP contribution in [0.1, 0.15) is 31.0 Å². The number of aromatic nitrogens is 1. The minimum atomic E-state index is 0.625. The molecule has 2 heterocycles. The van der Waals surface area contributed by atoms with E-state index >= 15 is 0 Å². The average molecular weight is 163 g/mol. The van der Waals surface area contributed by atoms with Gasteiger partial charge in [-0.15, -0.1) is 0 Å². The van der Waals surface area contributed by atoms with E-state index < -0.39 is 0 Å².